The van der Waals surface area contributed by atoms with Gasteiger partial charge in [0.25, 0.3) is 0 Å². The van der Waals surface area contributed by atoms with Crippen LogP contribution in [0.25, 0.3) is 0 Å². The van der Waals surface area contributed by atoms with E-state index in [1.165, 1.54) is 25.8 Å². The summed E-state index contributed by atoms with van der Waals surface area (Å²) < 4.78 is 5.20. The largest absolute Gasteiger partial charge is 0.383 e. The highest BCUT2D eigenvalue weighted by atomic mass is 16.5. The highest BCUT2D eigenvalue weighted by Gasteiger charge is 2.25. The van der Waals surface area contributed by atoms with Gasteiger partial charge in [-0.15, -0.1) is 0 Å². The van der Waals surface area contributed by atoms with Crippen LogP contribution in [0.5, 0.6) is 0 Å². The van der Waals surface area contributed by atoms with Gasteiger partial charge in [-0.2, -0.15) is 0 Å². The minimum atomic E-state index is 0.769. The fourth-order valence-electron chi connectivity index (χ4n) is 2.58. The van der Waals surface area contributed by atoms with Gasteiger partial charge in [-0.05, 0) is 37.6 Å². The van der Waals surface area contributed by atoms with Crippen LogP contribution in [0.2, 0.25) is 0 Å². The fraction of sp³-hybridized carbons (Fsp3) is 1.00. The summed E-state index contributed by atoms with van der Waals surface area (Å²) in [6.45, 7) is 10.3. The third kappa shape index (κ3) is 4.12. The van der Waals surface area contributed by atoms with Gasteiger partial charge >= 0.3 is 0 Å². The van der Waals surface area contributed by atoms with Crippen molar-refractivity contribution in [1.82, 2.24) is 4.90 Å². The van der Waals surface area contributed by atoms with Gasteiger partial charge in [0.1, 0.15) is 0 Å². The number of likely N-dealkylation sites (tertiary alicyclic amines) is 1. The molecule has 2 unspecified atom stereocenters. The third-order valence-electron chi connectivity index (χ3n) is 3.69. The first-order chi connectivity index (χ1) is 7.15. The first kappa shape index (κ1) is 13.0. The fourth-order valence-corrected chi connectivity index (χ4v) is 2.58. The molecule has 1 aliphatic heterocycles. The van der Waals surface area contributed by atoms with Gasteiger partial charge in [0, 0.05) is 19.7 Å². The van der Waals surface area contributed by atoms with Crippen LogP contribution in [0.3, 0.4) is 0 Å². The zero-order valence-electron chi connectivity index (χ0n) is 10.8. The monoisotopic (exact) mass is 213 g/mol. The van der Waals surface area contributed by atoms with Gasteiger partial charge in [-0.3, -0.25) is 4.90 Å². The number of ether oxygens (including phenoxy) is 1. The first-order valence-corrected chi connectivity index (χ1v) is 6.38. The maximum atomic E-state index is 5.20. The van der Waals surface area contributed by atoms with Gasteiger partial charge in [0.15, 0.2) is 0 Å². The Morgan fingerprint density at radius 3 is 2.60 bits per heavy atom. The van der Waals surface area contributed by atoms with Crippen LogP contribution in [-0.2, 0) is 4.74 Å². The topological polar surface area (TPSA) is 12.5 Å². The highest BCUT2D eigenvalue weighted by molar-refractivity contribution is 4.79. The summed E-state index contributed by atoms with van der Waals surface area (Å²) in [6.07, 6.45) is 4.11. The first-order valence-electron chi connectivity index (χ1n) is 6.38. The van der Waals surface area contributed by atoms with Crippen LogP contribution in [-0.4, -0.2) is 37.7 Å². The maximum Gasteiger partial charge on any atom is 0.0589 e. The van der Waals surface area contributed by atoms with E-state index in [1.54, 1.807) is 7.11 Å². The molecule has 1 heterocycles. The van der Waals surface area contributed by atoms with Crippen molar-refractivity contribution < 1.29 is 4.74 Å². The SMILES string of the molecule is COCCN1CCC(C)CCC1C(C)C. The molecule has 15 heavy (non-hydrogen) atoms. The van der Waals surface area contributed by atoms with Crippen LogP contribution in [0.1, 0.15) is 40.0 Å². The average Bonchev–Trinajstić information content (AvgIpc) is 2.37. The lowest BCUT2D eigenvalue weighted by molar-refractivity contribution is 0.102. The molecule has 2 atom stereocenters. The molecule has 0 N–H and O–H groups in total. The number of rotatable bonds is 4. The van der Waals surface area contributed by atoms with E-state index in [1.807, 2.05) is 0 Å². The maximum absolute atomic E-state index is 5.20. The number of methoxy groups -OCH3 is 1. The van der Waals surface area contributed by atoms with Crippen molar-refractivity contribution in [2.45, 2.75) is 46.1 Å². The minimum Gasteiger partial charge on any atom is -0.383 e. The molecule has 0 aromatic heterocycles. The molecule has 0 saturated carbocycles. The van der Waals surface area contributed by atoms with Gasteiger partial charge < -0.3 is 4.74 Å². The lowest BCUT2D eigenvalue weighted by atomic mass is 9.95. The second-order valence-corrected chi connectivity index (χ2v) is 5.31. The molecule has 1 aliphatic rings. The van der Waals surface area contributed by atoms with Crippen LogP contribution < -0.4 is 0 Å². The molecule has 1 fully saturated rings. The third-order valence-corrected chi connectivity index (χ3v) is 3.69. The summed E-state index contributed by atoms with van der Waals surface area (Å²) in [5, 5.41) is 0. The van der Waals surface area contributed by atoms with Crippen molar-refractivity contribution in [3.63, 3.8) is 0 Å². The van der Waals surface area contributed by atoms with E-state index in [0.717, 1.165) is 31.0 Å². The molecule has 0 amide bonds. The standard InChI is InChI=1S/C13H27NO/c1-11(2)13-6-5-12(3)7-8-14(13)9-10-15-4/h11-13H,5-10H2,1-4H3. The summed E-state index contributed by atoms with van der Waals surface area (Å²) in [4.78, 5) is 2.64. The summed E-state index contributed by atoms with van der Waals surface area (Å²) in [6, 6.07) is 0.769. The molecular weight excluding hydrogens is 186 g/mol. The molecule has 0 bridgehead atoms. The second-order valence-electron chi connectivity index (χ2n) is 5.31. The molecule has 1 rings (SSSR count). The Morgan fingerprint density at radius 2 is 2.00 bits per heavy atom. The Morgan fingerprint density at radius 1 is 1.27 bits per heavy atom. The number of nitrogens with zero attached hydrogens (tertiary/aromatic N) is 1. The van der Waals surface area contributed by atoms with E-state index in [0.29, 0.717) is 0 Å². The molecule has 90 valence electrons. The second kappa shape index (κ2) is 6.49. The number of hydrogen-bond donors (Lipinski definition) is 0. The Labute approximate surface area is 95.0 Å². The van der Waals surface area contributed by atoms with Gasteiger partial charge in [0.2, 0.25) is 0 Å². The van der Waals surface area contributed by atoms with E-state index < -0.39 is 0 Å². The molecular formula is C13H27NO. The Balaban J connectivity index is 2.52. The molecule has 2 nitrogen and oxygen atoms in total. The lowest BCUT2D eigenvalue weighted by Gasteiger charge is -2.32. The molecule has 0 aromatic carbocycles. The van der Waals surface area contributed by atoms with Gasteiger partial charge in [-0.1, -0.05) is 20.8 Å². The summed E-state index contributed by atoms with van der Waals surface area (Å²) in [5.41, 5.74) is 0. The highest BCUT2D eigenvalue weighted by Crippen LogP contribution is 2.25. The molecule has 0 radical (unpaired) electrons. The van der Waals surface area contributed by atoms with Crippen molar-refractivity contribution in [3.05, 3.63) is 0 Å². The average molecular weight is 213 g/mol. The Bertz CT molecular complexity index is 170. The molecule has 2 heteroatoms. The molecule has 0 spiro atoms. The number of hydrogen-bond acceptors (Lipinski definition) is 2. The van der Waals surface area contributed by atoms with E-state index in [-0.39, 0.29) is 0 Å². The normalized spacial score (nSPS) is 29.4. The smallest absolute Gasteiger partial charge is 0.0589 e. The van der Waals surface area contributed by atoms with E-state index in [4.69, 9.17) is 4.74 Å². The zero-order chi connectivity index (χ0) is 11.3. The van der Waals surface area contributed by atoms with Crippen molar-refractivity contribution in [2.24, 2.45) is 11.8 Å². The van der Waals surface area contributed by atoms with Crippen molar-refractivity contribution in [1.29, 1.82) is 0 Å². The zero-order valence-corrected chi connectivity index (χ0v) is 10.8. The quantitative estimate of drug-likeness (QED) is 0.712. The van der Waals surface area contributed by atoms with Crippen LogP contribution >= 0.6 is 0 Å². The molecule has 1 saturated heterocycles. The van der Waals surface area contributed by atoms with E-state index in [9.17, 15) is 0 Å². The van der Waals surface area contributed by atoms with Crippen LogP contribution in [0.4, 0.5) is 0 Å². The van der Waals surface area contributed by atoms with Crippen molar-refractivity contribution >= 4 is 0 Å². The Hall–Kier alpha value is -0.0800. The lowest BCUT2D eigenvalue weighted by Crippen LogP contribution is -2.40. The summed E-state index contributed by atoms with van der Waals surface area (Å²) >= 11 is 0. The summed E-state index contributed by atoms with van der Waals surface area (Å²) in [7, 11) is 1.80. The van der Waals surface area contributed by atoms with Crippen LogP contribution in [0.15, 0.2) is 0 Å². The van der Waals surface area contributed by atoms with E-state index in [2.05, 4.69) is 25.7 Å². The predicted octanol–water partition coefficient (Wildman–Crippen LogP) is 2.78. The van der Waals surface area contributed by atoms with Crippen LogP contribution in [0, 0.1) is 11.8 Å². The minimum absolute atomic E-state index is 0.769. The molecule has 0 aromatic rings. The molecule has 0 aliphatic carbocycles. The van der Waals surface area contributed by atoms with E-state index >= 15 is 0 Å². The van der Waals surface area contributed by atoms with Gasteiger partial charge in [-0.25, -0.2) is 0 Å². The van der Waals surface area contributed by atoms with Crippen molar-refractivity contribution in [2.75, 3.05) is 26.8 Å². The predicted molar refractivity (Wildman–Crippen MR) is 65.1 cm³/mol. The van der Waals surface area contributed by atoms with Gasteiger partial charge in [0.05, 0.1) is 6.61 Å². The van der Waals surface area contributed by atoms with Crippen molar-refractivity contribution in [3.8, 4) is 0 Å². The summed E-state index contributed by atoms with van der Waals surface area (Å²) in [5.74, 6) is 1.67. The Kier molecular flexibility index (Phi) is 5.62.